The van der Waals surface area contributed by atoms with Crippen LogP contribution in [0.1, 0.15) is 23.2 Å². The molecule has 0 bridgehead atoms. The minimum absolute atomic E-state index is 0.194. The van der Waals surface area contributed by atoms with Gasteiger partial charge in [0.05, 0.1) is 5.56 Å². The van der Waals surface area contributed by atoms with E-state index < -0.39 is 11.9 Å². The number of aromatic nitrogens is 1. The first-order valence-electron chi connectivity index (χ1n) is 5.78. The van der Waals surface area contributed by atoms with Gasteiger partial charge in [-0.25, -0.2) is 4.98 Å². The number of rotatable bonds is 2. The van der Waals surface area contributed by atoms with E-state index in [1.165, 1.54) is 6.07 Å². The zero-order valence-electron chi connectivity index (χ0n) is 9.47. The highest BCUT2D eigenvalue weighted by Crippen LogP contribution is 2.37. The molecule has 2 aliphatic rings. The summed E-state index contributed by atoms with van der Waals surface area (Å²) in [6.45, 7) is 0.194. The zero-order valence-corrected chi connectivity index (χ0v) is 10.2. The predicted molar refractivity (Wildman–Crippen MR) is 65.1 cm³/mol. The molecule has 0 amide bonds. The van der Waals surface area contributed by atoms with E-state index >= 15 is 0 Å². The molecule has 1 unspecified atom stereocenters. The molecule has 1 aliphatic heterocycles. The molecule has 94 valence electrons. The maximum absolute atomic E-state index is 12.1. The first kappa shape index (κ1) is 11.5. The molecule has 1 aromatic heterocycles. The van der Waals surface area contributed by atoms with Gasteiger partial charge < -0.3 is 10.0 Å². The average Bonchev–Trinajstić information content (AvgIpc) is 3.13. The van der Waals surface area contributed by atoms with Crippen molar-refractivity contribution in [1.82, 2.24) is 4.98 Å². The number of hydrogen-bond donors (Lipinski definition) is 1. The van der Waals surface area contributed by atoms with Gasteiger partial charge >= 0.3 is 5.97 Å². The van der Waals surface area contributed by atoms with Crippen molar-refractivity contribution in [2.24, 2.45) is 5.92 Å². The van der Waals surface area contributed by atoms with Crippen LogP contribution in [-0.2, 0) is 4.79 Å². The van der Waals surface area contributed by atoms with Crippen LogP contribution in [0.15, 0.2) is 12.1 Å². The van der Waals surface area contributed by atoms with Gasteiger partial charge in [-0.15, -0.1) is 0 Å². The number of halogens is 1. The van der Waals surface area contributed by atoms with Crippen molar-refractivity contribution in [3.8, 4) is 0 Å². The third-order valence-electron chi connectivity index (χ3n) is 3.36. The summed E-state index contributed by atoms with van der Waals surface area (Å²) in [7, 11) is 0. The second-order valence-corrected chi connectivity index (χ2v) is 5.03. The Hall–Kier alpha value is -1.62. The van der Waals surface area contributed by atoms with E-state index in [-0.39, 0.29) is 12.3 Å². The van der Waals surface area contributed by atoms with Crippen molar-refractivity contribution in [3.05, 3.63) is 22.8 Å². The second kappa shape index (κ2) is 3.95. The lowest BCUT2D eigenvalue weighted by Crippen LogP contribution is -2.44. The summed E-state index contributed by atoms with van der Waals surface area (Å²) in [5.74, 6) is -1.92. The highest BCUT2D eigenvalue weighted by atomic mass is 35.5. The molecule has 0 radical (unpaired) electrons. The molecule has 1 saturated carbocycles. The van der Waals surface area contributed by atoms with Gasteiger partial charge in [0.1, 0.15) is 16.9 Å². The van der Waals surface area contributed by atoms with Crippen LogP contribution in [0.5, 0.6) is 0 Å². The maximum atomic E-state index is 12.1. The van der Waals surface area contributed by atoms with Crippen LogP contribution in [-0.4, -0.2) is 34.4 Å². The van der Waals surface area contributed by atoms with Gasteiger partial charge in [-0.05, 0) is 25.0 Å². The Morgan fingerprint density at radius 2 is 2.17 bits per heavy atom. The third kappa shape index (κ3) is 1.75. The number of anilines is 1. The van der Waals surface area contributed by atoms with E-state index in [9.17, 15) is 9.59 Å². The summed E-state index contributed by atoms with van der Waals surface area (Å²) >= 11 is 5.85. The largest absolute Gasteiger partial charge is 0.481 e. The summed E-state index contributed by atoms with van der Waals surface area (Å²) in [6.07, 6.45) is 2.02. The fourth-order valence-corrected chi connectivity index (χ4v) is 2.43. The molecule has 18 heavy (non-hydrogen) atoms. The predicted octanol–water partition coefficient (Wildman–Crippen LogP) is 1.60. The van der Waals surface area contributed by atoms with Crippen LogP contribution in [0, 0.1) is 5.92 Å². The Bertz CT molecular complexity index is 542. The van der Waals surface area contributed by atoms with Gasteiger partial charge in [-0.1, -0.05) is 11.6 Å². The summed E-state index contributed by atoms with van der Waals surface area (Å²) in [5, 5.41) is 9.44. The van der Waals surface area contributed by atoms with Crippen molar-refractivity contribution >= 4 is 29.2 Å². The molecule has 1 aromatic rings. The molecular formula is C12H11ClN2O3. The lowest BCUT2D eigenvalue weighted by atomic mass is 9.93. The van der Waals surface area contributed by atoms with Crippen molar-refractivity contribution in [3.63, 3.8) is 0 Å². The summed E-state index contributed by atoms with van der Waals surface area (Å²) < 4.78 is 0. The van der Waals surface area contributed by atoms with Crippen molar-refractivity contribution < 1.29 is 14.7 Å². The fraction of sp³-hybridized carbons (Fsp3) is 0.417. The topological polar surface area (TPSA) is 70.5 Å². The number of pyridine rings is 1. The molecule has 2 heterocycles. The van der Waals surface area contributed by atoms with Gasteiger partial charge in [0.15, 0.2) is 5.78 Å². The highest BCUT2D eigenvalue weighted by Gasteiger charge is 2.42. The van der Waals surface area contributed by atoms with Gasteiger partial charge in [0.25, 0.3) is 0 Å². The maximum Gasteiger partial charge on any atom is 0.316 e. The van der Waals surface area contributed by atoms with E-state index in [0.717, 1.165) is 12.8 Å². The van der Waals surface area contributed by atoms with Crippen LogP contribution in [0.3, 0.4) is 0 Å². The first-order chi connectivity index (χ1) is 8.58. The van der Waals surface area contributed by atoms with E-state index in [0.29, 0.717) is 22.6 Å². The lowest BCUT2D eigenvalue weighted by Gasteiger charge is -2.32. The number of ketones is 1. The van der Waals surface area contributed by atoms with Crippen molar-refractivity contribution in [2.75, 3.05) is 11.4 Å². The number of Topliss-reactive ketones (excluding diaryl/α,β-unsaturated/α-hetero) is 1. The monoisotopic (exact) mass is 266 g/mol. The number of carboxylic acids is 1. The molecular weight excluding hydrogens is 256 g/mol. The summed E-state index contributed by atoms with van der Waals surface area (Å²) in [4.78, 5) is 29.3. The average molecular weight is 267 g/mol. The Labute approximate surface area is 108 Å². The number of carbonyl (C=O) groups is 2. The van der Waals surface area contributed by atoms with E-state index in [2.05, 4.69) is 4.98 Å². The molecule has 0 spiro atoms. The highest BCUT2D eigenvalue weighted by molar-refractivity contribution is 6.29. The smallest absolute Gasteiger partial charge is 0.316 e. The molecule has 3 rings (SSSR count). The van der Waals surface area contributed by atoms with E-state index in [4.69, 9.17) is 16.7 Å². The molecule has 1 aliphatic carbocycles. The molecule has 6 heteroatoms. The standard InChI is InChI=1S/C12H11ClN2O3/c13-9-4-3-7-10(16)8(12(17)18)5-15(6-1-2-6)11(7)14-9/h3-4,6,8H,1-2,5H2,(H,17,18). The Morgan fingerprint density at radius 1 is 1.44 bits per heavy atom. The minimum atomic E-state index is -1.08. The second-order valence-electron chi connectivity index (χ2n) is 4.64. The van der Waals surface area contributed by atoms with Crippen molar-refractivity contribution in [2.45, 2.75) is 18.9 Å². The Kier molecular flexibility index (Phi) is 2.52. The molecule has 1 fully saturated rings. The Morgan fingerprint density at radius 3 is 2.78 bits per heavy atom. The summed E-state index contributed by atoms with van der Waals surface area (Å²) in [5.41, 5.74) is 0.366. The number of fused-ring (bicyclic) bond motifs is 1. The van der Waals surface area contributed by atoms with Crippen LogP contribution in [0.2, 0.25) is 5.15 Å². The molecule has 1 atom stereocenters. The third-order valence-corrected chi connectivity index (χ3v) is 3.57. The van der Waals surface area contributed by atoms with Crippen LogP contribution >= 0.6 is 11.6 Å². The minimum Gasteiger partial charge on any atom is -0.481 e. The van der Waals surface area contributed by atoms with Crippen molar-refractivity contribution in [1.29, 1.82) is 0 Å². The van der Waals surface area contributed by atoms with Crippen LogP contribution in [0.4, 0.5) is 5.82 Å². The first-order valence-corrected chi connectivity index (χ1v) is 6.16. The number of carboxylic acid groups (broad SMARTS) is 1. The molecule has 0 aromatic carbocycles. The van der Waals surface area contributed by atoms with E-state index in [1.54, 1.807) is 6.07 Å². The molecule has 0 saturated heterocycles. The summed E-state index contributed by atoms with van der Waals surface area (Å²) in [6, 6.07) is 3.38. The van der Waals surface area contributed by atoms with Gasteiger partial charge in [0.2, 0.25) is 0 Å². The van der Waals surface area contributed by atoms with E-state index in [1.807, 2.05) is 4.90 Å². The van der Waals surface area contributed by atoms with Crippen LogP contribution in [0.25, 0.3) is 0 Å². The normalized spacial score (nSPS) is 22.8. The fourth-order valence-electron chi connectivity index (χ4n) is 2.29. The van der Waals surface area contributed by atoms with Gasteiger partial charge in [0, 0.05) is 12.6 Å². The SMILES string of the molecule is O=C(O)C1CN(C2CC2)c2nc(Cl)ccc2C1=O. The van der Waals surface area contributed by atoms with Gasteiger partial charge in [-0.3, -0.25) is 9.59 Å². The number of nitrogens with zero attached hydrogens (tertiary/aromatic N) is 2. The quantitative estimate of drug-likeness (QED) is 0.650. The molecule has 1 N–H and O–H groups in total. The number of carbonyl (C=O) groups excluding carboxylic acids is 1. The lowest BCUT2D eigenvalue weighted by molar-refractivity contribution is -0.139. The van der Waals surface area contributed by atoms with Crippen LogP contribution < -0.4 is 4.90 Å². The number of hydrogen-bond acceptors (Lipinski definition) is 4. The number of aliphatic carboxylic acids is 1. The zero-order chi connectivity index (χ0) is 12.9. The van der Waals surface area contributed by atoms with Gasteiger partial charge in [-0.2, -0.15) is 0 Å². The molecule has 5 nitrogen and oxygen atoms in total. The Balaban J connectivity index is 2.09.